The fourth-order valence-electron chi connectivity index (χ4n) is 1.64. The zero-order valence-corrected chi connectivity index (χ0v) is 13.3. The summed E-state index contributed by atoms with van der Waals surface area (Å²) in [5.74, 6) is 2.65. The molecule has 1 aromatic rings. The lowest BCUT2D eigenvalue weighted by Gasteiger charge is -2.11. The monoisotopic (exact) mass is 347 g/mol. The van der Waals surface area contributed by atoms with Gasteiger partial charge in [0.15, 0.2) is 0 Å². The Morgan fingerprint density at radius 1 is 1.24 bits per heavy atom. The van der Waals surface area contributed by atoms with Crippen molar-refractivity contribution < 1.29 is 0 Å². The van der Waals surface area contributed by atoms with Crippen molar-refractivity contribution in [2.75, 3.05) is 12.4 Å². The number of halogens is 1. The zero-order valence-electron chi connectivity index (χ0n) is 11.2. The van der Waals surface area contributed by atoms with Gasteiger partial charge in [-0.1, -0.05) is 27.2 Å². The summed E-state index contributed by atoms with van der Waals surface area (Å²) in [5, 5.41) is 3.16. The maximum absolute atomic E-state index is 4.68. The van der Waals surface area contributed by atoms with E-state index in [-0.39, 0.29) is 0 Å². The summed E-state index contributed by atoms with van der Waals surface area (Å²) in [6.07, 6.45) is 4.28. The zero-order chi connectivity index (χ0) is 12.8. The summed E-state index contributed by atoms with van der Waals surface area (Å²) < 4.78 is 1.17. The molecule has 0 aliphatic rings. The number of nitrogens with one attached hydrogen (secondary N) is 1. The average molecular weight is 347 g/mol. The van der Waals surface area contributed by atoms with E-state index in [1.165, 1.54) is 9.26 Å². The predicted molar refractivity (Wildman–Crippen MR) is 81.4 cm³/mol. The van der Waals surface area contributed by atoms with Gasteiger partial charge in [-0.05, 0) is 41.4 Å². The van der Waals surface area contributed by atoms with Gasteiger partial charge in [-0.15, -0.1) is 0 Å². The molecule has 0 aliphatic carbocycles. The highest BCUT2D eigenvalue weighted by molar-refractivity contribution is 14.1. The molecule has 0 spiro atoms. The van der Waals surface area contributed by atoms with E-state index in [2.05, 4.69) is 58.6 Å². The highest BCUT2D eigenvalue weighted by Gasteiger charge is 2.10. The minimum atomic E-state index is 0.700. The van der Waals surface area contributed by atoms with Gasteiger partial charge < -0.3 is 5.32 Å². The van der Waals surface area contributed by atoms with Gasteiger partial charge in [-0.2, -0.15) is 0 Å². The lowest BCUT2D eigenvalue weighted by atomic mass is 10.1. The molecule has 0 bridgehead atoms. The third kappa shape index (κ3) is 4.41. The van der Waals surface area contributed by atoms with Crippen LogP contribution >= 0.6 is 22.6 Å². The normalized spacial score (nSPS) is 10.9. The quantitative estimate of drug-likeness (QED) is 0.798. The molecule has 0 saturated heterocycles. The number of rotatable bonds is 6. The Kier molecular flexibility index (Phi) is 6.16. The van der Waals surface area contributed by atoms with E-state index in [4.69, 9.17) is 0 Å². The van der Waals surface area contributed by atoms with E-state index in [1.54, 1.807) is 0 Å². The van der Waals surface area contributed by atoms with Gasteiger partial charge in [0.05, 0.1) is 9.26 Å². The Hall–Kier alpha value is -0.390. The molecule has 1 heterocycles. The third-order valence-electron chi connectivity index (χ3n) is 2.64. The summed E-state index contributed by atoms with van der Waals surface area (Å²) in [7, 11) is 1.92. The van der Waals surface area contributed by atoms with Crippen molar-refractivity contribution in [2.24, 2.45) is 5.92 Å². The van der Waals surface area contributed by atoms with Gasteiger partial charge in [-0.25, -0.2) is 9.97 Å². The largest absolute Gasteiger partial charge is 0.372 e. The van der Waals surface area contributed by atoms with Crippen LogP contribution in [-0.2, 0) is 12.8 Å². The van der Waals surface area contributed by atoms with Crippen LogP contribution in [0.15, 0.2) is 0 Å². The molecule has 4 heteroatoms. The molecule has 1 rings (SSSR count). The van der Waals surface area contributed by atoms with Crippen molar-refractivity contribution in [2.45, 2.75) is 46.5 Å². The molecule has 0 unspecified atom stereocenters. The Morgan fingerprint density at radius 3 is 2.47 bits per heavy atom. The van der Waals surface area contributed by atoms with Crippen molar-refractivity contribution in [3.63, 3.8) is 0 Å². The number of anilines is 1. The Bertz CT molecular complexity index is 364. The molecular formula is C13H22IN3. The van der Waals surface area contributed by atoms with Crippen LogP contribution in [0.1, 0.15) is 45.1 Å². The van der Waals surface area contributed by atoms with Gasteiger partial charge in [0.2, 0.25) is 0 Å². The summed E-state index contributed by atoms with van der Waals surface area (Å²) in [4.78, 5) is 9.26. The van der Waals surface area contributed by atoms with Gasteiger partial charge in [-0.3, -0.25) is 0 Å². The molecule has 0 amide bonds. The molecule has 0 radical (unpaired) electrons. The van der Waals surface area contributed by atoms with Crippen molar-refractivity contribution in [3.05, 3.63) is 15.1 Å². The van der Waals surface area contributed by atoms with Gasteiger partial charge in [0.1, 0.15) is 11.6 Å². The van der Waals surface area contributed by atoms with E-state index >= 15 is 0 Å². The highest BCUT2D eigenvalue weighted by Crippen LogP contribution is 2.21. The van der Waals surface area contributed by atoms with Crippen LogP contribution < -0.4 is 5.32 Å². The second-order valence-electron chi connectivity index (χ2n) is 4.68. The number of aryl methyl sites for hydroxylation is 2. The summed E-state index contributed by atoms with van der Waals surface area (Å²) in [6.45, 7) is 6.66. The summed E-state index contributed by atoms with van der Waals surface area (Å²) in [5.41, 5.74) is 1.19. The first-order chi connectivity index (χ1) is 8.08. The van der Waals surface area contributed by atoms with Crippen molar-refractivity contribution in [3.8, 4) is 0 Å². The molecule has 0 saturated carbocycles. The second-order valence-corrected chi connectivity index (χ2v) is 5.76. The van der Waals surface area contributed by atoms with E-state index in [0.717, 1.165) is 37.3 Å². The fraction of sp³-hybridized carbons (Fsp3) is 0.692. The van der Waals surface area contributed by atoms with E-state index < -0.39 is 0 Å². The van der Waals surface area contributed by atoms with Crippen LogP contribution in [0, 0.1) is 9.49 Å². The first-order valence-electron chi connectivity index (χ1n) is 6.31. The first-order valence-corrected chi connectivity index (χ1v) is 7.39. The van der Waals surface area contributed by atoms with Crippen LogP contribution in [0.25, 0.3) is 0 Å². The molecule has 0 aliphatic heterocycles. The van der Waals surface area contributed by atoms with Gasteiger partial charge in [0.25, 0.3) is 0 Å². The highest BCUT2D eigenvalue weighted by atomic mass is 127. The predicted octanol–water partition coefficient (Wildman–Crippen LogP) is 3.66. The average Bonchev–Trinajstić information content (AvgIpc) is 2.30. The molecule has 96 valence electrons. The maximum Gasteiger partial charge on any atom is 0.143 e. The Morgan fingerprint density at radius 2 is 1.94 bits per heavy atom. The molecule has 17 heavy (non-hydrogen) atoms. The van der Waals surface area contributed by atoms with Crippen LogP contribution in [0.4, 0.5) is 5.82 Å². The molecule has 0 atom stereocenters. The van der Waals surface area contributed by atoms with E-state index in [0.29, 0.717) is 5.92 Å². The second kappa shape index (κ2) is 7.13. The van der Waals surface area contributed by atoms with Crippen molar-refractivity contribution in [1.82, 2.24) is 9.97 Å². The smallest absolute Gasteiger partial charge is 0.143 e. The molecule has 3 nitrogen and oxygen atoms in total. The van der Waals surface area contributed by atoms with Crippen molar-refractivity contribution in [1.29, 1.82) is 0 Å². The van der Waals surface area contributed by atoms with Gasteiger partial charge >= 0.3 is 0 Å². The minimum Gasteiger partial charge on any atom is -0.372 e. The lowest BCUT2D eigenvalue weighted by Crippen LogP contribution is -2.08. The van der Waals surface area contributed by atoms with Crippen LogP contribution in [0.5, 0.6) is 0 Å². The third-order valence-corrected chi connectivity index (χ3v) is 3.77. The molecule has 0 aromatic carbocycles. The van der Waals surface area contributed by atoms with E-state index in [1.807, 2.05) is 7.05 Å². The Balaban J connectivity index is 2.94. The number of hydrogen-bond acceptors (Lipinski definition) is 3. The standard InChI is InChI=1S/C13H22IN3/c1-5-6-10-12(14)13(15-4)17-11(16-10)8-7-9(2)3/h9H,5-8H2,1-4H3,(H,15,16,17). The van der Waals surface area contributed by atoms with Crippen molar-refractivity contribution >= 4 is 28.4 Å². The van der Waals surface area contributed by atoms with Crippen LogP contribution in [-0.4, -0.2) is 17.0 Å². The Labute approximate surface area is 118 Å². The lowest BCUT2D eigenvalue weighted by molar-refractivity contribution is 0.573. The minimum absolute atomic E-state index is 0.700. The number of nitrogens with zero attached hydrogens (tertiary/aromatic N) is 2. The number of aromatic nitrogens is 2. The summed E-state index contributed by atoms with van der Waals surface area (Å²) >= 11 is 2.34. The fourth-order valence-corrected chi connectivity index (χ4v) is 2.42. The molecular weight excluding hydrogens is 325 g/mol. The SMILES string of the molecule is CCCc1nc(CCC(C)C)nc(NC)c1I. The van der Waals surface area contributed by atoms with Gasteiger partial charge in [0, 0.05) is 13.5 Å². The topological polar surface area (TPSA) is 37.8 Å². The van der Waals surface area contributed by atoms with Crippen LogP contribution in [0.2, 0.25) is 0 Å². The van der Waals surface area contributed by atoms with E-state index in [9.17, 15) is 0 Å². The molecule has 0 fully saturated rings. The first kappa shape index (κ1) is 14.7. The summed E-state index contributed by atoms with van der Waals surface area (Å²) in [6, 6.07) is 0. The maximum atomic E-state index is 4.68. The van der Waals surface area contributed by atoms with Crippen LogP contribution in [0.3, 0.4) is 0 Å². The molecule has 1 aromatic heterocycles. The number of hydrogen-bond donors (Lipinski definition) is 1. The molecule has 1 N–H and O–H groups in total.